The summed E-state index contributed by atoms with van der Waals surface area (Å²) in [6.45, 7) is 1.73. The lowest BCUT2D eigenvalue weighted by atomic mass is 10.2. The number of nitrogens with zero attached hydrogens (tertiary/aromatic N) is 2. The van der Waals surface area contributed by atoms with Crippen molar-refractivity contribution in [3.05, 3.63) is 29.3 Å². The van der Waals surface area contributed by atoms with E-state index in [9.17, 15) is 9.18 Å². The Morgan fingerprint density at radius 2 is 2.29 bits per heavy atom. The zero-order valence-electron chi connectivity index (χ0n) is 8.24. The van der Waals surface area contributed by atoms with E-state index in [1.54, 1.807) is 6.92 Å². The van der Waals surface area contributed by atoms with Crippen LogP contribution in [0.3, 0.4) is 0 Å². The number of pyridine rings is 1. The summed E-state index contributed by atoms with van der Waals surface area (Å²) in [7, 11) is 2.74. The van der Waals surface area contributed by atoms with E-state index >= 15 is 0 Å². The highest BCUT2D eigenvalue weighted by Gasteiger charge is 2.16. The highest BCUT2D eigenvalue weighted by Crippen LogP contribution is 2.09. The smallest absolute Gasteiger partial charge is 0.274 e. The molecule has 0 aliphatic heterocycles. The molecule has 0 aliphatic carbocycles. The van der Waals surface area contributed by atoms with Gasteiger partial charge in [0, 0.05) is 13.2 Å². The van der Waals surface area contributed by atoms with Gasteiger partial charge in [0.25, 0.3) is 5.91 Å². The van der Waals surface area contributed by atoms with Gasteiger partial charge in [-0.2, -0.15) is 4.39 Å². The molecular weight excluding hydrogens is 187 g/mol. The average molecular weight is 198 g/mol. The van der Waals surface area contributed by atoms with Gasteiger partial charge in [0.15, 0.2) is 0 Å². The molecule has 1 amide bonds. The van der Waals surface area contributed by atoms with Crippen molar-refractivity contribution in [1.82, 2.24) is 10.0 Å². The first-order chi connectivity index (χ1) is 6.56. The zero-order valence-corrected chi connectivity index (χ0v) is 8.24. The third-order valence-corrected chi connectivity index (χ3v) is 1.77. The Labute approximate surface area is 81.3 Å². The second kappa shape index (κ2) is 4.15. The lowest BCUT2D eigenvalue weighted by Gasteiger charge is -2.13. The van der Waals surface area contributed by atoms with E-state index in [4.69, 9.17) is 0 Å². The van der Waals surface area contributed by atoms with Crippen LogP contribution in [0.5, 0.6) is 0 Å². The summed E-state index contributed by atoms with van der Waals surface area (Å²) in [5.41, 5.74) is 0.633. The third kappa shape index (κ3) is 2.05. The Hall–Kier alpha value is -1.49. The molecule has 0 aromatic carbocycles. The molecule has 0 spiro atoms. The Morgan fingerprint density at radius 3 is 2.86 bits per heavy atom. The standard InChI is InChI=1S/C9H11FN2O2/c1-6-4-7(8(10)11-5-6)9(13)12(2)14-3/h4-5H,1-3H3. The van der Waals surface area contributed by atoms with Crippen molar-refractivity contribution in [2.75, 3.05) is 14.2 Å². The number of carbonyl (C=O) groups excluding carboxylic acids is 1. The number of hydroxylamine groups is 2. The van der Waals surface area contributed by atoms with Crippen LogP contribution < -0.4 is 0 Å². The monoisotopic (exact) mass is 198 g/mol. The zero-order chi connectivity index (χ0) is 10.7. The number of hydrogen-bond acceptors (Lipinski definition) is 3. The van der Waals surface area contributed by atoms with Crippen LogP contribution in [-0.2, 0) is 4.84 Å². The second-order valence-electron chi connectivity index (χ2n) is 2.84. The highest BCUT2D eigenvalue weighted by atomic mass is 19.1. The number of carbonyl (C=O) groups is 1. The van der Waals surface area contributed by atoms with Crippen molar-refractivity contribution in [1.29, 1.82) is 0 Å². The number of halogens is 1. The maximum absolute atomic E-state index is 13.1. The Kier molecular flexibility index (Phi) is 3.14. The van der Waals surface area contributed by atoms with Crippen LogP contribution in [0.25, 0.3) is 0 Å². The molecule has 0 saturated heterocycles. The summed E-state index contributed by atoms with van der Waals surface area (Å²) >= 11 is 0. The first-order valence-corrected chi connectivity index (χ1v) is 4.00. The molecule has 5 heteroatoms. The topological polar surface area (TPSA) is 42.4 Å². The van der Waals surface area contributed by atoms with Crippen LogP contribution in [0.15, 0.2) is 12.3 Å². The molecule has 1 heterocycles. The van der Waals surface area contributed by atoms with Crippen molar-refractivity contribution < 1.29 is 14.0 Å². The molecular formula is C9H11FN2O2. The van der Waals surface area contributed by atoms with Gasteiger partial charge >= 0.3 is 0 Å². The molecule has 0 bridgehead atoms. The maximum atomic E-state index is 13.1. The lowest BCUT2D eigenvalue weighted by Crippen LogP contribution is -2.26. The number of rotatable bonds is 2. The van der Waals surface area contributed by atoms with Crippen LogP contribution in [0.1, 0.15) is 15.9 Å². The third-order valence-electron chi connectivity index (χ3n) is 1.77. The molecule has 0 fully saturated rings. The van der Waals surface area contributed by atoms with Gasteiger partial charge in [0.2, 0.25) is 5.95 Å². The number of aryl methyl sites for hydroxylation is 1. The largest absolute Gasteiger partial charge is 0.281 e. The molecule has 1 aromatic rings. The fraction of sp³-hybridized carbons (Fsp3) is 0.333. The van der Waals surface area contributed by atoms with E-state index in [1.165, 1.54) is 26.4 Å². The molecule has 4 nitrogen and oxygen atoms in total. The summed E-state index contributed by atoms with van der Waals surface area (Å²) in [6.07, 6.45) is 1.36. The van der Waals surface area contributed by atoms with Crippen LogP contribution in [-0.4, -0.2) is 30.1 Å². The Bertz CT molecular complexity index is 355. The normalized spacial score (nSPS) is 10.0. The minimum absolute atomic E-state index is 0.0886. The van der Waals surface area contributed by atoms with E-state index in [0.29, 0.717) is 0 Å². The molecule has 1 aromatic heterocycles. The Balaban J connectivity index is 3.06. The van der Waals surface area contributed by atoms with Gasteiger partial charge in [-0.15, -0.1) is 0 Å². The first kappa shape index (κ1) is 10.6. The van der Waals surface area contributed by atoms with Crippen molar-refractivity contribution in [3.63, 3.8) is 0 Å². The molecule has 0 saturated carbocycles. The van der Waals surface area contributed by atoms with Crippen molar-refractivity contribution in [2.45, 2.75) is 6.92 Å². The summed E-state index contributed by atoms with van der Waals surface area (Å²) in [5, 5.41) is 0.944. The molecule has 0 atom stereocenters. The van der Waals surface area contributed by atoms with Crippen LogP contribution in [0.4, 0.5) is 4.39 Å². The van der Waals surface area contributed by atoms with E-state index in [2.05, 4.69) is 9.82 Å². The molecule has 0 unspecified atom stereocenters. The fourth-order valence-electron chi connectivity index (χ4n) is 0.955. The molecule has 1 rings (SSSR count). The van der Waals surface area contributed by atoms with Gasteiger partial charge in [0.1, 0.15) is 0 Å². The number of aromatic nitrogens is 1. The van der Waals surface area contributed by atoms with Gasteiger partial charge in [-0.3, -0.25) is 9.63 Å². The van der Waals surface area contributed by atoms with E-state index in [-0.39, 0.29) is 5.56 Å². The highest BCUT2D eigenvalue weighted by molar-refractivity contribution is 5.93. The average Bonchev–Trinajstić information content (AvgIpc) is 2.19. The summed E-state index contributed by atoms with van der Waals surface area (Å²) < 4.78 is 13.1. The quantitative estimate of drug-likeness (QED) is 0.529. The molecule has 0 aliphatic rings. The number of amides is 1. The summed E-state index contributed by atoms with van der Waals surface area (Å²) in [5.74, 6) is -1.34. The molecule has 76 valence electrons. The predicted molar refractivity (Wildman–Crippen MR) is 48.0 cm³/mol. The van der Waals surface area contributed by atoms with Crippen molar-refractivity contribution in [2.24, 2.45) is 0 Å². The van der Waals surface area contributed by atoms with Crippen LogP contribution in [0, 0.1) is 12.9 Å². The summed E-state index contributed by atoms with van der Waals surface area (Å²) in [6, 6.07) is 1.43. The van der Waals surface area contributed by atoms with Gasteiger partial charge in [-0.25, -0.2) is 10.0 Å². The minimum Gasteiger partial charge on any atom is -0.274 e. The lowest BCUT2D eigenvalue weighted by molar-refractivity contribution is -0.0760. The first-order valence-electron chi connectivity index (χ1n) is 4.00. The van der Waals surface area contributed by atoms with E-state index in [1.807, 2.05) is 0 Å². The van der Waals surface area contributed by atoms with E-state index in [0.717, 1.165) is 10.6 Å². The Morgan fingerprint density at radius 1 is 1.64 bits per heavy atom. The summed E-state index contributed by atoms with van der Waals surface area (Å²) in [4.78, 5) is 19.6. The molecule has 0 N–H and O–H groups in total. The van der Waals surface area contributed by atoms with Gasteiger partial charge in [-0.1, -0.05) is 0 Å². The number of hydrogen-bond donors (Lipinski definition) is 0. The van der Waals surface area contributed by atoms with Crippen molar-refractivity contribution in [3.8, 4) is 0 Å². The minimum atomic E-state index is -0.787. The van der Waals surface area contributed by atoms with E-state index < -0.39 is 11.9 Å². The van der Waals surface area contributed by atoms with Crippen molar-refractivity contribution >= 4 is 5.91 Å². The van der Waals surface area contributed by atoms with Crippen LogP contribution >= 0.6 is 0 Å². The molecule has 14 heavy (non-hydrogen) atoms. The SMILES string of the molecule is CON(C)C(=O)c1cc(C)cnc1F. The van der Waals surface area contributed by atoms with Gasteiger partial charge in [-0.05, 0) is 18.6 Å². The van der Waals surface area contributed by atoms with Crippen LogP contribution in [0.2, 0.25) is 0 Å². The maximum Gasteiger partial charge on any atom is 0.281 e. The van der Waals surface area contributed by atoms with Gasteiger partial charge < -0.3 is 0 Å². The molecule has 0 radical (unpaired) electrons. The van der Waals surface area contributed by atoms with Gasteiger partial charge in [0.05, 0.1) is 12.7 Å². The predicted octanol–water partition coefficient (Wildman–Crippen LogP) is 1.16. The fourth-order valence-corrected chi connectivity index (χ4v) is 0.955. The second-order valence-corrected chi connectivity index (χ2v) is 2.84.